The van der Waals surface area contributed by atoms with Gasteiger partial charge >= 0.3 is 0 Å². The molecule has 150 valence electrons. The maximum atomic E-state index is 14.2. The van der Waals surface area contributed by atoms with Gasteiger partial charge in [-0.2, -0.15) is 0 Å². The Morgan fingerprint density at radius 2 is 1.39 bits per heavy atom. The minimum Gasteiger partial charge on any atom is -0.454 e. The van der Waals surface area contributed by atoms with Crippen LogP contribution in [0.3, 0.4) is 0 Å². The number of hydrogen-bond acceptors (Lipinski definition) is 2. The molecule has 4 nitrogen and oxygen atoms in total. The van der Waals surface area contributed by atoms with E-state index in [1.54, 1.807) is 12.1 Å². The molecule has 0 fully saturated rings. The van der Waals surface area contributed by atoms with Gasteiger partial charge < -0.3 is 14.0 Å². The first-order valence-electron chi connectivity index (χ1n) is 9.90. The molecule has 0 atom stereocenters. The maximum Gasteiger partial charge on any atom is 0.231 e. The lowest BCUT2D eigenvalue weighted by atomic mass is 10.1. The number of ether oxygens (including phenoxy) is 2. The fraction of sp³-hybridized carbons (Fsp3) is 0.0400. The van der Waals surface area contributed by atoms with E-state index < -0.39 is 0 Å². The summed E-state index contributed by atoms with van der Waals surface area (Å²) in [7, 11) is 0. The second-order valence-electron chi connectivity index (χ2n) is 7.75. The van der Waals surface area contributed by atoms with E-state index in [9.17, 15) is 8.78 Å². The van der Waals surface area contributed by atoms with Gasteiger partial charge in [0.2, 0.25) is 6.79 Å². The number of aromatic nitrogens is 2. The quantitative estimate of drug-likeness (QED) is 0.322. The highest BCUT2D eigenvalue weighted by atomic mass is 19.1. The molecule has 6 aromatic rings. The predicted octanol–water partition coefficient (Wildman–Crippen LogP) is 6.20. The van der Waals surface area contributed by atoms with Gasteiger partial charge in [-0.25, -0.2) is 8.78 Å². The fourth-order valence-corrected chi connectivity index (χ4v) is 4.60. The normalized spacial score (nSPS) is 13.2. The molecule has 1 aliphatic heterocycles. The molecule has 7 rings (SSSR count). The van der Waals surface area contributed by atoms with Crippen LogP contribution in [0.1, 0.15) is 0 Å². The lowest BCUT2D eigenvalue weighted by Crippen LogP contribution is -2.02. The van der Waals surface area contributed by atoms with E-state index in [0.717, 1.165) is 43.9 Å². The second-order valence-corrected chi connectivity index (χ2v) is 7.75. The van der Waals surface area contributed by atoms with E-state index in [1.807, 2.05) is 45.5 Å². The van der Waals surface area contributed by atoms with Crippen molar-refractivity contribution in [1.82, 2.24) is 8.97 Å². The van der Waals surface area contributed by atoms with Crippen LogP contribution in [-0.4, -0.2) is 15.8 Å². The summed E-state index contributed by atoms with van der Waals surface area (Å²) >= 11 is 0. The van der Waals surface area contributed by atoms with Gasteiger partial charge in [0.05, 0.1) is 16.6 Å². The van der Waals surface area contributed by atoms with Crippen molar-refractivity contribution in [3.63, 3.8) is 0 Å². The summed E-state index contributed by atoms with van der Waals surface area (Å²) in [5.74, 6) is 1.53. The molecule has 3 aromatic heterocycles. The Kier molecular flexibility index (Phi) is 3.10. The largest absolute Gasteiger partial charge is 0.454 e. The zero-order valence-electron chi connectivity index (χ0n) is 16.1. The zero-order valence-corrected chi connectivity index (χ0v) is 16.1. The van der Waals surface area contributed by atoms with Crippen LogP contribution in [0.25, 0.3) is 43.9 Å². The van der Waals surface area contributed by atoms with Gasteiger partial charge in [-0.15, -0.1) is 0 Å². The number of pyridine rings is 1. The van der Waals surface area contributed by atoms with Crippen LogP contribution in [-0.2, 0) is 0 Å². The van der Waals surface area contributed by atoms with Crippen molar-refractivity contribution >= 4 is 38.1 Å². The lowest BCUT2D eigenvalue weighted by molar-refractivity contribution is 0.174. The molecule has 3 aromatic carbocycles. The smallest absolute Gasteiger partial charge is 0.231 e. The van der Waals surface area contributed by atoms with Gasteiger partial charge in [0.15, 0.2) is 11.5 Å². The fourth-order valence-electron chi connectivity index (χ4n) is 4.60. The van der Waals surface area contributed by atoms with Crippen molar-refractivity contribution in [2.45, 2.75) is 0 Å². The van der Waals surface area contributed by atoms with E-state index in [-0.39, 0.29) is 18.4 Å². The Labute approximate surface area is 174 Å². The number of rotatable bonds is 1. The number of hydrogen-bond donors (Lipinski definition) is 0. The lowest BCUT2D eigenvalue weighted by Gasteiger charge is -2.14. The summed E-state index contributed by atoms with van der Waals surface area (Å²) in [6.45, 7) is 0.185. The maximum absolute atomic E-state index is 14.2. The van der Waals surface area contributed by atoms with Crippen LogP contribution in [0, 0.1) is 11.6 Å². The molecule has 4 heterocycles. The molecule has 0 radical (unpaired) electrons. The second kappa shape index (κ2) is 5.76. The molecule has 0 bridgehead atoms. The third-order valence-corrected chi connectivity index (χ3v) is 6.00. The Morgan fingerprint density at radius 1 is 0.645 bits per heavy atom. The molecule has 0 spiro atoms. The summed E-state index contributed by atoms with van der Waals surface area (Å²) in [5, 5.41) is 3.75. The van der Waals surface area contributed by atoms with Crippen LogP contribution in [0.2, 0.25) is 0 Å². The van der Waals surface area contributed by atoms with E-state index >= 15 is 0 Å². The average Bonchev–Trinajstić information content (AvgIpc) is 3.47. The first kappa shape index (κ1) is 16.7. The zero-order chi connectivity index (χ0) is 20.7. The first-order valence-corrected chi connectivity index (χ1v) is 9.90. The van der Waals surface area contributed by atoms with Crippen molar-refractivity contribution in [2.24, 2.45) is 0 Å². The van der Waals surface area contributed by atoms with Crippen LogP contribution < -0.4 is 9.47 Å². The van der Waals surface area contributed by atoms with Crippen molar-refractivity contribution in [3.8, 4) is 17.3 Å². The molecule has 0 aliphatic carbocycles. The molecule has 0 saturated carbocycles. The van der Waals surface area contributed by atoms with Crippen molar-refractivity contribution in [1.29, 1.82) is 0 Å². The molecule has 0 unspecified atom stereocenters. The van der Waals surface area contributed by atoms with Gasteiger partial charge in [-0.1, -0.05) is 0 Å². The summed E-state index contributed by atoms with van der Waals surface area (Å²) in [4.78, 5) is 0. The molecule has 31 heavy (non-hydrogen) atoms. The first-order chi connectivity index (χ1) is 15.2. The molecule has 0 saturated heterocycles. The molecule has 0 amide bonds. The number of benzene rings is 3. The summed E-state index contributed by atoms with van der Waals surface area (Å²) < 4.78 is 43.4. The summed E-state index contributed by atoms with van der Waals surface area (Å²) in [6, 6.07) is 19.4. The van der Waals surface area contributed by atoms with Crippen molar-refractivity contribution in [2.75, 3.05) is 6.79 Å². The number of nitrogens with zero attached hydrogens (tertiary/aromatic N) is 2. The van der Waals surface area contributed by atoms with Crippen LogP contribution in [0.5, 0.6) is 11.5 Å². The van der Waals surface area contributed by atoms with E-state index in [2.05, 4.69) is 0 Å². The average molecular weight is 412 g/mol. The van der Waals surface area contributed by atoms with Gasteiger partial charge in [0.25, 0.3) is 0 Å². The topological polar surface area (TPSA) is 27.8 Å². The summed E-state index contributed by atoms with van der Waals surface area (Å²) in [5.41, 5.74) is 2.38. The predicted molar refractivity (Wildman–Crippen MR) is 115 cm³/mol. The highest BCUT2D eigenvalue weighted by Gasteiger charge is 2.19. The SMILES string of the molecule is Fc1ccc2ccn(-c3cc4cc5c(cc4c4cc6ccc(F)cc6n34)OCO5)c2c1. The molecule has 1 aliphatic rings. The molecule has 6 heteroatoms. The minimum atomic E-state index is -0.312. The van der Waals surface area contributed by atoms with E-state index in [0.29, 0.717) is 11.5 Å². The Morgan fingerprint density at radius 3 is 2.23 bits per heavy atom. The molecule has 0 N–H and O–H groups in total. The van der Waals surface area contributed by atoms with Gasteiger partial charge in [0, 0.05) is 22.4 Å². The van der Waals surface area contributed by atoms with Gasteiger partial charge in [-0.05, 0) is 72.1 Å². The summed E-state index contributed by atoms with van der Waals surface area (Å²) in [6.07, 6.45) is 1.91. The van der Waals surface area contributed by atoms with Crippen molar-refractivity contribution < 1.29 is 18.3 Å². The molecular weight excluding hydrogens is 398 g/mol. The number of halogens is 2. The third-order valence-electron chi connectivity index (χ3n) is 6.00. The highest BCUT2D eigenvalue weighted by Crippen LogP contribution is 2.40. The standard InChI is InChI=1S/C25H14F2N2O2/c26-17-3-1-14-5-6-28(20(14)10-17)25-9-16-8-23-24(31-13-30-23)12-19(16)22-7-15-2-4-18(27)11-21(15)29(22)25/h1-12H,13H2. The Bertz CT molecular complexity index is 1700. The Balaban J connectivity index is 1.69. The highest BCUT2D eigenvalue weighted by molar-refractivity contribution is 6.05. The monoisotopic (exact) mass is 412 g/mol. The van der Waals surface area contributed by atoms with Crippen LogP contribution in [0.15, 0.2) is 72.9 Å². The van der Waals surface area contributed by atoms with Gasteiger partial charge in [-0.3, -0.25) is 4.40 Å². The van der Waals surface area contributed by atoms with E-state index in [4.69, 9.17) is 9.47 Å². The van der Waals surface area contributed by atoms with E-state index in [1.165, 1.54) is 24.3 Å². The Hall–Kier alpha value is -4.06. The molecular formula is C25H14F2N2O2. The third kappa shape index (κ3) is 2.27. The number of fused-ring (bicyclic) bond motifs is 7. The van der Waals surface area contributed by atoms with Crippen LogP contribution >= 0.6 is 0 Å². The van der Waals surface area contributed by atoms with Crippen LogP contribution in [0.4, 0.5) is 8.78 Å². The van der Waals surface area contributed by atoms with Crippen molar-refractivity contribution in [3.05, 3.63) is 84.6 Å². The minimum absolute atomic E-state index is 0.185. The van der Waals surface area contributed by atoms with Gasteiger partial charge in [0.1, 0.15) is 17.5 Å².